The fraction of sp³-hybridized carbons (Fsp3) is 0.150. The molecule has 5 nitrogen and oxygen atoms in total. The quantitative estimate of drug-likeness (QED) is 0.764. The van der Waals surface area contributed by atoms with Gasteiger partial charge in [0.05, 0.1) is 0 Å². The first kappa shape index (κ1) is 17.9. The summed E-state index contributed by atoms with van der Waals surface area (Å²) in [5.74, 6) is -0.351. The number of nitrogens with zero attached hydrogens (tertiary/aromatic N) is 2. The van der Waals surface area contributed by atoms with Crippen molar-refractivity contribution >= 4 is 23.4 Å². The van der Waals surface area contributed by atoms with Gasteiger partial charge in [0.1, 0.15) is 5.69 Å². The van der Waals surface area contributed by atoms with Gasteiger partial charge in [0, 0.05) is 28.6 Å². The van der Waals surface area contributed by atoms with Crippen LogP contribution >= 0.6 is 11.8 Å². The average Bonchev–Trinajstić information content (AvgIpc) is 2.62. The molecule has 0 fully saturated rings. The molecular formula is C20H19N3O2S. The van der Waals surface area contributed by atoms with Crippen LogP contribution in [0.1, 0.15) is 21.6 Å². The number of amides is 1. The Balaban J connectivity index is 1.71. The Kier molecular flexibility index (Phi) is 5.23. The van der Waals surface area contributed by atoms with Gasteiger partial charge in [-0.1, -0.05) is 23.9 Å². The zero-order valence-electron chi connectivity index (χ0n) is 14.8. The molecule has 3 rings (SSSR count). The number of carbonyl (C=O) groups is 1. The summed E-state index contributed by atoms with van der Waals surface area (Å²) in [5, 5.41) is 6.74. The lowest BCUT2D eigenvalue weighted by atomic mass is 10.2. The molecule has 0 saturated heterocycles. The molecule has 132 valence electrons. The van der Waals surface area contributed by atoms with E-state index in [9.17, 15) is 9.59 Å². The summed E-state index contributed by atoms with van der Waals surface area (Å²) in [7, 11) is 1.51. The molecule has 0 atom stereocenters. The Bertz CT molecular complexity index is 1010. The van der Waals surface area contributed by atoms with E-state index in [0.29, 0.717) is 5.69 Å². The molecule has 0 spiro atoms. The second-order valence-corrected chi connectivity index (χ2v) is 7.15. The van der Waals surface area contributed by atoms with E-state index in [1.807, 2.05) is 24.3 Å². The number of benzene rings is 2. The van der Waals surface area contributed by atoms with Crippen molar-refractivity contribution in [1.82, 2.24) is 9.78 Å². The predicted molar refractivity (Wildman–Crippen MR) is 104 cm³/mol. The van der Waals surface area contributed by atoms with Crippen LogP contribution in [0.4, 0.5) is 5.69 Å². The van der Waals surface area contributed by atoms with Crippen LogP contribution in [0.2, 0.25) is 0 Å². The van der Waals surface area contributed by atoms with Crippen molar-refractivity contribution in [3.63, 3.8) is 0 Å². The standard InChI is InChI=1S/C20H19N3O2S/c1-13-4-5-14(2)18(12-13)26-16-8-6-15(7-9-16)21-20(25)17-10-11-19(24)23(3)22-17/h4-12H,1-3H3,(H,21,25). The first-order valence-corrected chi connectivity index (χ1v) is 8.95. The Morgan fingerprint density at radius 2 is 1.77 bits per heavy atom. The van der Waals surface area contributed by atoms with Crippen LogP contribution in [0.25, 0.3) is 0 Å². The van der Waals surface area contributed by atoms with Crippen molar-refractivity contribution in [2.75, 3.05) is 5.32 Å². The summed E-state index contributed by atoms with van der Waals surface area (Å²) in [6.45, 7) is 4.17. The molecule has 0 saturated carbocycles. The molecule has 6 heteroatoms. The van der Waals surface area contributed by atoms with E-state index in [-0.39, 0.29) is 17.2 Å². The van der Waals surface area contributed by atoms with E-state index >= 15 is 0 Å². The zero-order valence-corrected chi connectivity index (χ0v) is 15.6. The normalized spacial score (nSPS) is 10.6. The molecule has 0 aliphatic carbocycles. The van der Waals surface area contributed by atoms with E-state index in [0.717, 1.165) is 9.58 Å². The number of hydrogen-bond donors (Lipinski definition) is 1. The van der Waals surface area contributed by atoms with E-state index in [2.05, 4.69) is 42.5 Å². The lowest BCUT2D eigenvalue weighted by Gasteiger charge is -2.09. The molecular weight excluding hydrogens is 346 g/mol. The highest BCUT2D eigenvalue weighted by Gasteiger charge is 2.09. The van der Waals surface area contributed by atoms with Crippen LogP contribution in [0.15, 0.2) is 69.2 Å². The summed E-state index contributed by atoms with van der Waals surface area (Å²) < 4.78 is 1.14. The third-order valence-corrected chi connectivity index (χ3v) is 5.04. The third kappa shape index (κ3) is 4.21. The fourth-order valence-electron chi connectivity index (χ4n) is 2.37. The monoisotopic (exact) mass is 365 g/mol. The highest BCUT2D eigenvalue weighted by atomic mass is 32.2. The van der Waals surface area contributed by atoms with E-state index in [1.165, 1.54) is 35.2 Å². The van der Waals surface area contributed by atoms with Gasteiger partial charge in [0.2, 0.25) is 0 Å². The van der Waals surface area contributed by atoms with E-state index < -0.39 is 0 Å². The maximum atomic E-state index is 12.2. The number of rotatable bonds is 4. The molecule has 0 radical (unpaired) electrons. The first-order valence-electron chi connectivity index (χ1n) is 8.13. The molecule has 1 heterocycles. The maximum Gasteiger partial charge on any atom is 0.276 e. The summed E-state index contributed by atoms with van der Waals surface area (Å²) >= 11 is 1.69. The van der Waals surface area contributed by atoms with Crippen LogP contribution in [-0.4, -0.2) is 15.7 Å². The van der Waals surface area contributed by atoms with Crippen LogP contribution in [0, 0.1) is 13.8 Å². The molecule has 0 bridgehead atoms. The predicted octanol–water partition coefficient (Wildman–Crippen LogP) is 3.80. The molecule has 1 N–H and O–H groups in total. The average molecular weight is 365 g/mol. The molecule has 26 heavy (non-hydrogen) atoms. The van der Waals surface area contributed by atoms with Gasteiger partial charge in [-0.2, -0.15) is 5.10 Å². The second kappa shape index (κ2) is 7.58. The van der Waals surface area contributed by atoms with Gasteiger partial charge in [-0.3, -0.25) is 9.59 Å². The van der Waals surface area contributed by atoms with Gasteiger partial charge in [-0.25, -0.2) is 4.68 Å². The Morgan fingerprint density at radius 3 is 2.46 bits per heavy atom. The molecule has 0 aliphatic heterocycles. The first-order chi connectivity index (χ1) is 12.4. The minimum Gasteiger partial charge on any atom is -0.321 e. The Hall–Kier alpha value is -2.86. The second-order valence-electron chi connectivity index (χ2n) is 6.03. The maximum absolute atomic E-state index is 12.2. The van der Waals surface area contributed by atoms with Crippen molar-refractivity contribution in [1.29, 1.82) is 0 Å². The van der Waals surface area contributed by atoms with Crippen molar-refractivity contribution in [3.8, 4) is 0 Å². The van der Waals surface area contributed by atoms with Gasteiger partial charge in [0.25, 0.3) is 11.5 Å². The molecule has 1 amide bonds. The number of aryl methyl sites for hydroxylation is 3. The summed E-state index contributed by atoms with van der Waals surface area (Å²) in [5.41, 5.74) is 3.08. The lowest BCUT2D eigenvalue weighted by Crippen LogP contribution is -2.23. The number of hydrogen-bond acceptors (Lipinski definition) is 4. The number of aromatic nitrogens is 2. The summed E-state index contributed by atoms with van der Waals surface area (Å²) in [4.78, 5) is 25.9. The van der Waals surface area contributed by atoms with Crippen LogP contribution in [-0.2, 0) is 7.05 Å². The van der Waals surface area contributed by atoms with Crippen molar-refractivity contribution in [2.45, 2.75) is 23.6 Å². The Morgan fingerprint density at radius 1 is 1.04 bits per heavy atom. The van der Waals surface area contributed by atoms with Gasteiger partial charge in [-0.05, 0) is 61.4 Å². The number of nitrogens with one attached hydrogen (secondary N) is 1. The Labute approximate surface area is 156 Å². The smallest absolute Gasteiger partial charge is 0.276 e. The molecule has 2 aromatic carbocycles. The van der Waals surface area contributed by atoms with Gasteiger partial charge < -0.3 is 5.32 Å². The minimum atomic E-state index is -0.351. The van der Waals surface area contributed by atoms with Crippen LogP contribution < -0.4 is 10.9 Å². The lowest BCUT2D eigenvalue weighted by molar-refractivity contribution is 0.102. The highest BCUT2D eigenvalue weighted by molar-refractivity contribution is 7.99. The summed E-state index contributed by atoms with van der Waals surface area (Å²) in [6, 6.07) is 16.8. The number of carbonyl (C=O) groups excluding carboxylic acids is 1. The molecule has 3 aromatic rings. The third-order valence-electron chi connectivity index (χ3n) is 3.88. The zero-order chi connectivity index (χ0) is 18.7. The molecule has 0 unspecified atom stereocenters. The minimum absolute atomic E-state index is 0.195. The van der Waals surface area contributed by atoms with Crippen molar-refractivity contribution < 1.29 is 4.79 Å². The van der Waals surface area contributed by atoms with E-state index in [1.54, 1.807) is 11.8 Å². The van der Waals surface area contributed by atoms with Crippen molar-refractivity contribution in [3.05, 3.63) is 81.8 Å². The topological polar surface area (TPSA) is 64.0 Å². The SMILES string of the molecule is Cc1ccc(C)c(Sc2ccc(NC(=O)c3ccc(=O)n(C)n3)cc2)c1. The highest BCUT2D eigenvalue weighted by Crippen LogP contribution is 2.31. The molecule has 0 aliphatic rings. The van der Waals surface area contributed by atoms with Crippen molar-refractivity contribution in [2.24, 2.45) is 7.05 Å². The van der Waals surface area contributed by atoms with E-state index in [4.69, 9.17) is 0 Å². The largest absolute Gasteiger partial charge is 0.321 e. The van der Waals surface area contributed by atoms with Gasteiger partial charge in [-0.15, -0.1) is 0 Å². The fourth-order valence-corrected chi connectivity index (χ4v) is 3.37. The van der Waals surface area contributed by atoms with Gasteiger partial charge in [0.15, 0.2) is 0 Å². The van der Waals surface area contributed by atoms with Crippen LogP contribution in [0.5, 0.6) is 0 Å². The van der Waals surface area contributed by atoms with Gasteiger partial charge >= 0.3 is 0 Å². The molecule has 1 aromatic heterocycles. The number of anilines is 1. The van der Waals surface area contributed by atoms with Crippen LogP contribution in [0.3, 0.4) is 0 Å². The summed E-state index contributed by atoms with van der Waals surface area (Å²) in [6.07, 6.45) is 0.